The second-order valence-corrected chi connectivity index (χ2v) is 3.73. The van der Waals surface area contributed by atoms with Gasteiger partial charge in [0.25, 0.3) is 6.10 Å². The summed E-state index contributed by atoms with van der Waals surface area (Å²) in [7, 11) is 0. The van der Waals surface area contributed by atoms with Gasteiger partial charge in [-0.2, -0.15) is 0 Å². The van der Waals surface area contributed by atoms with E-state index in [1.54, 1.807) is 0 Å². The molecule has 1 unspecified atom stereocenters. The van der Waals surface area contributed by atoms with E-state index in [9.17, 15) is 9.59 Å². The van der Waals surface area contributed by atoms with Gasteiger partial charge in [-0.15, -0.1) is 0 Å². The molecule has 1 saturated heterocycles. The van der Waals surface area contributed by atoms with Gasteiger partial charge in [0.15, 0.2) is 6.29 Å². The zero-order valence-corrected chi connectivity index (χ0v) is 11.1. The first-order valence-electron chi connectivity index (χ1n) is 6.09. The summed E-state index contributed by atoms with van der Waals surface area (Å²) in [6.45, 7) is 7.64. The maximum atomic E-state index is 11.8. The molecule has 112 valence electrons. The van der Waals surface area contributed by atoms with Crippen molar-refractivity contribution in [3.63, 3.8) is 0 Å². The molecule has 1 fully saturated rings. The smallest absolute Gasteiger partial charge is 0.347 e. The fourth-order valence-corrected chi connectivity index (χ4v) is 1.34. The predicted octanol–water partition coefficient (Wildman–Crippen LogP) is 0.203. The number of hydrogen-bond acceptors (Lipinski definition) is 7. The van der Waals surface area contributed by atoms with Gasteiger partial charge in [-0.05, 0) is 0 Å². The largest absolute Gasteiger partial charge is 0.459 e. The number of rotatable bonds is 8. The van der Waals surface area contributed by atoms with Gasteiger partial charge in [0.05, 0.1) is 19.8 Å². The van der Waals surface area contributed by atoms with Gasteiger partial charge in [0.1, 0.15) is 13.2 Å². The van der Waals surface area contributed by atoms with E-state index in [0.29, 0.717) is 13.2 Å². The molecule has 0 aromatic heterocycles. The highest BCUT2D eigenvalue weighted by Crippen LogP contribution is 2.09. The van der Waals surface area contributed by atoms with Gasteiger partial charge in [-0.1, -0.05) is 25.3 Å². The van der Waals surface area contributed by atoms with Crippen LogP contribution in [-0.2, 0) is 33.3 Å². The van der Waals surface area contributed by atoms with Crippen molar-refractivity contribution in [1.29, 1.82) is 0 Å². The molecule has 1 heterocycles. The first kappa shape index (κ1) is 16.4. The van der Waals surface area contributed by atoms with Gasteiger partial charge >= 0.3 is 11.9 Å². The van der Waals surface area contributed by atoms with Crippen LogP contribution in [0.5, 0.6) is 0 Å². The third kappa shape index (κ3) is 5.52. The molecule has 1 atom stereocenters. The van der Waals surface area contributed by atoms with E-state index in [-0.39, 0.29) is 19.8 Å². The molecular formula is C13H18O7. The summed E-state index contributed by atoms with van der Waals surface area (Å²) in [4.78, 5) is 23.5. The maximum absolute atomic E-state index is 11.8. The minimum Gasteiger partial charge on any atom is -0.459 e. The lowest BCUT2D eigenvalue weighted by atomic mass is 10.3. The molecule has 0 aliphatic carbocycles. The van der Waals surface area contributed by atoms with Crippen LogP contribution >= 0.6 is 0 Å². The molecule has 1 rings (SSSR count). The molecule has 20 heavy (non-hydrogen) atoms. The molecule has 0 spiro atoms. The Morgan fingerprint density at radius 1 is 1.15 bits per heavy atom. The summed E-state index contributed by atoms with van der Waals surface area (Å²) < 4.78 is 25.2. The van der Waals surface area contributed by atoms with Crippen molar-refractivity contribution in [2.24, 2.45) is 0 Å². The lowest BCUT2D eigenvalue weighted by Crippen LogP contribution is -2.43. The van der Waals surface area contributed by atoms with E-state index < -0.39 is 24.3 Å². The topological polar surface area (TPSA) is 80.3 Å². The molecule has 0 amide bonds. The van der Waals surface area contributed by atoms with E-state index >= 15 is 0 Å². The number of hydrogen-bond donors (Lipinski definition) is 0. The van der Waals surface area contributed by atoms with Crippen molar-refractivity contribution in [2.45, 2.75) is 12.4 Å². The lowest BCUT2D eigenvalue weighted by Gasteiger charge is -2.25. The Hall–Kier alpha value is -1.70. The van der Waals surface area contributed by atoms with Crippen molar-refractivity contribution >= 4 is 11.9 Å². The molecule has 7 heteroatoms. The molecule has 0 bridgehead atoms. The highest BCUT2D eigenvalue weighted by molar-refractivity contribution is 5.98. The van der Waals surface area contributed by atoms with Crippen molar-refractivity contribution in [2.75, 3.05) is 33.0 Å². The van der Waals surface area contributed by atoms with Crippen LogP contribution in [0.2, 0.25) is 0 Å². The maximum Gasteiger partial charge on any atom is 0.347 e. The van der Waals surface area contributed by atoms with Crippen LogP contribution in [0.4, 0.5) is 0 Å². The second-order valence-electron chi connectivity index (χ2n) is 3.73. The minimum atomic E-state index is -1.53. The lowest BCUT2D eigenvalue weighted by molar-refractivity contribution is -0.237. The zero-order valence-electron chi connectivity index (χ0n) is 11.1. The Morgan fingerprint density at radius 2 is 1.75 bits per heavy atom. The Bertz CT molecular complexity index is 323. The summed E-state index contributed by atoms with van der Waals surface area (Å²) in [5, 5.41) is 0. The molecule has 1 aliphatic rings. The third-order valence-electron chi connectivity index (χ3n) is 2.19. The minimum absolute atomic E-state index is 0.0323. The van der Waals surface area contributed by atoms with Crippen LogP contribution in [0.25, 0.3) is 0 Å². The van der Waals surface area contributed by atoms with Gasteiger partial charge in [-0.3, -0.25) is 0 Å². The molecule has 0 aromatic carbocycles. The second kappa shape index (κ2) is 9.24. The van der Waals surface area contributed by atoms with Crippen LogP contribution in [0.3, 0.4) is 0 Å². The Morgan fingerprint density at radius 3 is 2.20 bits per heavy atom. The van der Waals surface area contributed by atoms with E-state index in [0.717, 1.165) is 0 Å². The van der Waals surface area contributed by atoms with Crippen molar-refractivity contribution < 1.29 is 33.3 Å². The highest BCUT2D eigenvalue weighted by Gasteiger charge is 2.34. The van der Waals surface area contributed by atoms with E-state index in [4.69, 9.17) is 23.7 Å². The normalized spacial score (nSPS) is 18.4. The summed E-state index contributed by atoms with van der Waals surface area (Å²) in [6.07, 6.45) is 0.414. The molecule has 0 aromatic rings. The SMILES string of the molecule is C=CCOC(=O)C(OC1COCCO1)C(=O)OCC=C. The van der Waals surface area contributed by atoms with Crippen LogP contribution in [-0.4, -0.2) is 57.4 Å². The van der Waals surface area contributed by atoms with Crippen LogP contribution in [0, 0.1) is 0 Å². The van der Waals surface area contributed by atoms with Gasteiger partial charge in [0, 0.05) is 0 Å². The summed E-state index contributed by atoms with van der Waals surface area (Å²) in [5.74, 6) is -1.73. The number of esters is 2. The fourth-order valence-electron chi connectivity index (χ4n) is 1.34. The predicted molar refractivity (Wildman–Crippen MR) is 67.7 cm³/mol. The summed E-state index contributed by atoms with van der Waals surface area (Å²) in [6, 6.07) is 0. The quantitative estimate of drug-likeness (QED) is 0.358. The van der Waals surface area contributed by atoms with E-state index in [2.05, 4.69) is 13.2 Å². The summed E-state index contributed by atoms with van der Waals surface area (Å²) >= 11 is 0. The molecule has 1 aliphatic heterocycles. The molecule has 0 N–H and O–H groups in total. The van der Waals surface area contributed by atoms with E-state index in [1.165, 1.54) is 12.2 Å². The molecule has 0 saturated carbocycles. The molecule has 7 nitrogen and oxygen atoms in total. The average Bonchev–Trinajstić information content (AvgIpc) is 2.48. The van der Waals surface area contributed by atoms with Crippen LogP contribution < -0.4 is 0 Å². The summed E-state index contributed by atoms with van der Waals surface area (Å²) in [5.41, 5.74) is 0. The number of carbonyl (C=O) groups excluding carboxylic acids is 2. The van der Waals surface area contributed by atoms with Crippen LogP contribution in [0.15, 0.2) is 25.3 Å². The molecular weight excluding hydrogens is 268 g/mol. The van der Waals surface area contributed by atoms with Gasteiger partial charge in [0.2, 0.25) is 0 Å². The van der Waals surface area contributed by atoms with Gasteiger partial charge < -0.3 is 23.7 Å². The monoisotopic (exact) mass is 286 g/mol. The van der Waals surface area contributed by atoms with Crippen molar-refractivity contribution in [1.82, 2.24) is 0 Å². The third-order valence-corrected chi connectivity index (χ3v) is 2.19. The van der Waals surface area contributed by atoms with Crippen LogP contribution in [0.1, 0.15) is 0 Å². The Balaban J connectivity index is 2.60. The van der Waals surface area contributed by atoms with Gasteiger partial charge in [-0.25, -0.2) is 9.59 Å². The number of ether oxygens (including phenoxy) is 5. The van der Waals surface area contributed by atoms with Crippen molar-refractivity contribution in [3.8, 4) is 0 Å². The fraction of sp³-hybridized carbons (Fsp3) is 0.538. The first-order valence-corrected chi connectivity index (χ1v) is 6.09. The standard InChI is InChI=1S/C13H18O7/c1-3-5-18-12(14)11(13(15)19-6-4-2)20-10-9-16-7-8-17-10/h3-4,10-11H,1-2,5-9H2. The average molecular weight is 286 g/mol. The Labute approximate surface area is 117 Å². The van der Waals surface area contributed by atoms with E-state index in [1.807, 2.05) is 0 Å². The number of carbonyl (C=O) groups is 2. The Kier molecular flexibility index (Phi) is 7.56. The van der Waals surface area contributed by atoms with Crippen molar-refractivity contribution in [3.05, 3.63) is 25.3 Å². The zero-order chi connectivity index (χ0) is 14.8. The first-order chi connectivity index (χ1) is 9.69. The molecule has 0 radical (unpaired) electrons. The highest BCUT2D eigenvalue weighted by atomic mass is 16.7.